The van der Waals surface area contributed by atoms with Crippen LogP contribution >= 0.6 is 0 Å². The summed E-state index contributed by atoms with van der Waals surface area (Å²) in [7, 11) is 0. The van der Waals surface area contributed by atoms with E-state index >= 15 is 0 Å². The molecule has 16 heavy (non-hydrogen) atoms. The highest BCUT2D eigenvalue weighted by Gasteiger charge is 2.05. The van der Waals surface area contributed by atoms with Crippen molar-refractivity contribution in [3.8, 4) is 0 Å². The molecule has 2 nitrogen and oxygen atoms in total. The van der Waals surface area contributed by atoms with Crippen LogP contribution in [0, 0.1) is 12.8 Å². The molecule has 0 amide bonds. The summed E-state index contributed by atoms with van der Waals surface area (Å²) in [4.78, 5) is 0. The fourth-order valence-corrected chi connectivity index (χ4v) is 1.73. The lowest BCUT2D eigenvalue weighted by Gasteiger charge is -2.18. The molecule has 0 aliphatic rings. The highest BCUT2D eigenvalue weighted by molar-refractivity contribution is 5.67. The molecule has 1 unspecified atom stereocenters. The smallest absolute Gasteiger partial charge is 0.0576 e. The zero-order valence-corrected chi connectivity index (χ0v) is 10.9. The number of benzene rings is 1. The molecule has 0 saturated heterocycles. The molecule has 0 aliphatic carbocycles. The van der Waals surface area contributed by atoms with E-state index in [0.717, 1.165) is 17.3 Å². The lowest BCUT2D eigenvalue weighted by Crippen LogP contribution is -2.16. The molecule has 0 bridgehead atoms. The molecule has 0 aromatic heterocycles. The van der Waals surface area contributed by atoms with E-state index in [2.05, 4.69) is 45.1 Å². The minimum absolute atomic E-state index is 0.479. The monoisotopic (exact) mass is 220 g/mol. The van der Waals surface area contributed by atoms with Gasteiger partial charge in [-0.1, -0.05) is 19.9 Å². The van der Waals surface area contributed by atoms with Crippen LogP contribution in [0.2, 0.25) is 0 Å². The van der Waals surface area contributed by atoms with Gasteiger partial charge >= 0.3 is 0 Å². The summed E-state index contributed by atoms with van der Waals surface area (Å²) in [5, 5.41) is 3.47. The minimum atomic E-state index is 0.479. The number of nitrogens with two attached hydrogens (primary N) is 1. The maximum atomic E-state index is 5.96. The van der Waals surface area contributed by atoms with Gasteiger partial charge in [-0.3, -0.25) is 0 Å². The standard InChI is InChI=1S/C14H24N2/c1-10(2)5-7-12(4)16-14-8-6-11(3)9-13(14)15/h6,8-10,12,16H,5,7,15H2,1-4H3. The maximum Gasteiger partial charge on any atom is 0.0576 e. The molecule has 0 spiro atoms. The van der Waals surface area contributed by atoms with Crippen LogP contribution in [0.25, 0.3) is 0 Å². The fourth-order valence-electron chi connectivity index (χ4n) is 1.73. The number of nitrogen functional groups attached to an aromatic ring is 1. The van der Waals surface area contributed by atoms with Crippen LogP contribution in [0.4, 0.5) is 11.4 Å². The van der Waals surface area contributed by atoms with Crippen molar-refractivity contribution in [1.82, 2.24) is 0 Å². The Morgan fingerprint density at radius 3 is 2.44 bits per heavy atom. The molecular weight excluding hydrogens is 196 g/mol. The van der Waals surface area contributed by atoms with Gasteiger partial charge in [0.15, 0.2) is 0 Å². The summed E-state index contributed by atoms with van der Waals surface area (Å²) in [6.45, 7) is 8.78. The van der Waals surface area contributed by atoms with E-state index in [-0.39, 0.29) is 0 Å². The van der Waals surface area contributed by atoms with E-state index in [1.54, 1.807) is 0 Å². The van der Waals surface area contributed by atoms with Crippen LogP contribution in [0.3, 0.4) is 0 Å². The first kappa shape index (κ1) is 12.9. The SMILES string of the molecule is Cc1ccc(NC(C)CCC(C)C)c(N)c1. The highest BCUT2D eigenvalue weighted by Crippen LogP contribution is 2.21. The Hall–Kier alpha value is -1.18. The Morgan fingerprint density at radius 2 is 1.88 bits per heavy atom. The molecule has 1 aromatic rings. The number of rotatable bonds is 5. The molecule has 2 heteroatoms. The van der Waals surface area contributed by atoms with E-state index < -0.39 is 0 Å². The van der Waals surface area contributed by atoms with Gasteiger partial charge in [0.2, 0.25) is 0 Å². The summed E-state index contributed by atoms with van der Waals surface area (Å²) < 4.78 is 0. The molecule has 0 saturated carbocycles. The number of aryl methyl sites for hydroxylation is 1. The Morgan fingerprint density at radius 1 is 1.19 bits per heavy atom. The maximum absolute atomic E-state index is 5.96. The van der Waals surface area contributed by atoms with E-state index in [9.17, 15) is 0 Å². The molecule has 90 valence electrons. The zero-order chi connectivity index (χ0) is 12.1. The van der Waals surface area contributed by atoms with E-state index in [1.165, 1.54) is 18.4 Å². The van der Waals surface area contributed by atoms with Crippen molar-refractivity contribution in [2.45, 2.75) is 46.6 Å². The first-order valence-electron chi connectivity index (χ1n) is 6.11. The van der Waals surface area contributed by atoms with Gasteiger partial charge in [0.1, 0.15) is 0 Å². The Kier molecular flexibility index (Phi) is 4.66. The van der Waals surface area contributed by atoms with Crippen LogP contribution in [0.15, 0.2) is 18.2 Å². The van der Waals surface area contributed by atoms with Crippen LogP contribution in [-0.2, 0) is 0 Å². The number of nitrogens with one attached hydrogen (secondary N) is 1. The van der Waals surface area contributed by atoms with Gasteiger partial charge in [-0.15, -0.1) is 0 Å². The molecule has 1 atom stereocenters. The number of hydrogen-bond donors (Lipinski definition) is 2. The average molecular weight is 220 g/mol. The van der Waals surface area contributed by atoms with Crippen LogP contribution < -0.4 is 11.1 Å². The van der Waals surface area contributed by atoms with Gasteiger partial charge < -0.3 is 11.1 Å². The lowest BCUT2D eigenvalue weighted by atomic mass is 10.0. The highest BCUT2D eigenvalue weighted by atomic mass is 14.9. The lowest BCUT2D eigenvalue weighted by molar-refractivity contribution is 0.528. The van der Waals surface area contributed by atoms with Crippen LogP contribution in [0.5, 0.6) is 0 Å². The second kappa shape index (κ2) is 5.78. The molecular formula is C14H24N2. The van der Waals surface area contributed by atoms with Crippen molar-refractivity contribution in [2.24, 2.45) is 5.92 Å². The Bertz CT molecular complexity index is 332. The molecule has 0 heterocycles. The number of anilines is 2. The van der Waals surface area contributed by atoms with Gasteiger partial charge in [-0.05, 0) is 50.3 Å². The fraction of sp³-hybridized carbons (Fsp3) is 0.571. The summed E-state index contributed by atoms with van der Waals surface area (Å²) in [6.07, 6.45) is 2.44. The first-order valence-corrected chi connectivity index (χ1v) is 6.11. The van der Waals surface area contributed by atoms with E-state index in [1.807, 2.05) is 6.07 Å². The normalized spacial score (nSPS) is 12.8. The molecule has 0 radical (unpaired) electrons. The van der Waals surface area contributed by atoms with Gasteiger partial charge in [0, 0.05) is 6.04 Å². The summed E-state index contributed by atoms with van der Waals surface area (Å²) in [6, 6.07) is 6.65. The minimum Gasteiger partial charge on any atom is -0.397 e. The summed E-state index contributed by atoms with van der Waals surface area (Å²) in [5.74, 6) is 0.764. The van der Waals surface area contributed by atoms with Crippen molar-refractivity contribution in [3.63, 3.8) is 0 Å². The largest absolute Gasteiger partial charge is 0.397 e. The first-order chi connectivity index (χ1) is 7.49. The molecule has 0 aliphatic heterocycles. The summed E-state index contributed by atoms with van der Waals surface area (Å²) in [5.41, 5.74) is 9.07. The third-order valence-electron chi connectivity index (χ3n) is 2.79. The van der Waals surface area contributed by atoms with E-state index in [4.69, 9.17) is 5.73 Å². The van der Waals surface area contributed by atoms with Gasteiger partial charge in [-0.25, -0.2) is 0 Å². The predicted octanol–water partition coefficient (Wildman–Crippen LogP) is 3.81. The van der Waals surface area contributed by atoms with Crippen molar-refractivity contribution < 1.29 is 0 Å². The van der Waals surface area contributed by atoms with Crippen LogP contribution in [0.1, 0.15) is 39.2 Å². The van der Waals surface area contributed by atoms with E-state index in [0.29, 0.717) is 6.04 Å². The number of hydrogen-bond acceptors (Lipinski definition) is 2. The Labute approximate surface area is 99.2 Å². The van der Waals surface area contributed by atoms with Gasteiger partial charge in [0.25, 0.3) is 0 Å². The van der Waals surface area contributed by atoms with Crippen molar-refractivity contribution in [2.75, 3.05) is 11.1 Å². The Balaban J connectivity index is 2.52. The topological polar surface area (TPSA) is 38.0 Å². The average Bonchev–Trinajstić information content (AvgIpc) is 2.19. The molecule has 1 rings (SSSR count). The van der Waals surface area contributed by atoms with Crippen LogP contribution in [-0.4, -0.2) is 6.04 Å². The third-order valence-corrected chi connectivity index (χ3v) is 2.79. The van der Waals surface area contributed by atoms with Crippen molar-refractivity contribution in [3.05, 3.63) is 23.8 Å². The van der Waals surface area contributed by atoms with Gasteiger partial charge in [0.05, 0.1) is 11.4 Å². The second-order valence-electron chi connectivity index (χ2n) is 5.11. The summed E-state index contributed by atoms with van der Waals surface area (Å²) >= 11 is 0. The van der Waals surface area contributed by atoms with Crippen molar-refractivity contribution in [1.29, 1.82) is 0 Å². The quantitative estimate of drug-likeness (QED) is 0.740. The third kappa shape index (κ3) is 4.13. The van der Waals surface area contributed by atoms with Crippen molar-refractivity contribution >= 4 is 11.4 Å². The zero-order valence-electron chi connectivity index (χ0n) is 10.9. The molecule has 1 aromatic carbocycles. The molecule has 3 N–H and O–H groups in total. The second-order valence-corrected chi connectivity index (χ2v) is 5.11. The molecule has 0 fully saturated rings. The van der Waals surface area contributed by atoms with Gasteiger partial charge in [-0.2, -0.15) is 0 Å². The predicted molar refractivity (Wildman–Crippen MR) is 72.7 cm³/mol.